The first-order valence-electron chi connectivity index (χ1n) is 12.7. The maximum absolute atomic E-state index is 12.7. The molecule has 0 fully saturated rings. The second-order valence-electron chi connectivity index (χ2n) is 8.80. The molecule has 3 N–H and O–H groups in total. The Kier molecular flexibility index (Phi) is 9.94. The van der Waals surface area contributed by atoms with E-state index in [4.69, 9.17) is 42.4 Å². The first-order chi connectivity index (χ1) is 20.2. The Labute approximate surface area is 251 Å². The third kappa shape index (κ3) is 7.14. The second-order valence-corrected chi connectivity index (χ2v) is 9.61. The van der Waals surface area contributed by atoms with Crippen molar-refractivity contribution in [3.63, 3.8) is 0 Å². The number of rotatable bonds is 10. The summed E-state index contributed by atoms with van der Waals surface area (Å²) in [6.45, 7) is 3.31. The third-order valence-corrected chi connectivity index (χ3v) is 6.57. The Morgan fingerprint density at radius 2 is 1.93 bits per heavy atom. The number of para-hydroxylation sites is 1. The number of thiocarbonyl (C=S) groups is 1. The monoisotopic (exact) mass is 610 g/mol. The molecule has 0 bridgehead atoms. The quantitative estimate of drug-likeness (QED) is 0.132. The van der Waals surface area contributed by atoms with Crippen LogP contribution in [0.2, 0.25) is 5.02 Å². The zero-order valence-electron chi connectivity index (χ0n) is 22.9. The smallest absolute Gasteiger partial charge is 0.339 e. The molecule has 0 saturated carbocycles. The van der Waals surface area contributed by atoms with E-state index in [1.54, 1.807) is 68.4 Å². The van der Waals surface area contributed by atoms with E-state index in [2.05, 4.69) is 21.2 Å². The predicted molar refractivity (Wildman–Crippen MR) is 159 cm³/mol. The van der Waals surface area contributed by atoms with Gasteiger partial charge in [-0.25, -0.2) is 15.0 Å². The van der Waals surface area contributed by atoms with Crippen LogP contribution in [0, 0.1) is 0 Å². The Bertz CT molecular complexity index is 1580. The zero-order valence-corrected chi connectivity index (χ0v) is 24.4. The molecule has 0 unspecified atom stereocenters. The Balaban J connectivity index is 1.40. The highest BCUT2D eigenvalue weighted by atomic mass is 35.5. The molecule has 1 aliphatic heterocycles. The highest BCUT2D eigenvalue weighted by Gasteiger charge is 2.32. The molecule has 1 aromatic heterocycles. The van der Waals surface area contributed by atoms with Gasteiger partial charge in [0.05, 0.1) is 42.1 Å². The molecule has 0 aliphatic carbocycles. The van der Waals surface area contributed by atoms with E-state index in [0.29, 0.717) is 44.8 Å². The number of hydrogen-bond donors (Lipinski definition) is 3. The normalized spacial score (nSPS) is 14.7. The second kappa shape index (κ2) is 13.8. The van der Waals surface area contributed by atoms with Gasteiger partial charge in [-0.05, 0) is 62.5 Å². The van der Waals surface area contributed by atoms with Crippen molar-refractivity contribution in [1.29, 1.82) is 0 Å². The van der Waals surface area contributed by atoms with Gasteiger partial charge < -0.3 is 29.3 Å². The number of nitrogens with zero attached hydrogens (tertiary/aromatic N) is 1. The summed E-state index contributed by atoms with van der Waals surface area (Å²) in [5, 5.41) is 10.5. The molecule has 1 aliphatic rings. The Morgan fingerprint density at radius 1 is 1.14 bits per heavy atom. The summed E-state index contributed by atoms with van der Waals surface area (Å²) >= 11 is 11.4. The molecular weight excluding hydrogens is 584 g/mol. The van der Waals surface area contributed by atoms with Crippen LogP contribution in [0.3, 0.4) is 0 Å². The van der Waals surface area contributed by atoms with E-state index in [-0.39, 0.29) is 23.8 Å². The molecule has 0 saturated heterocycles. The largest absolute Gasteiger partial charge is 0.483 e. The molecule has 0 radical (unpaired) electrons. The maximum atomic E-state index is 12.7. The van der Waals surface area contributed by atoms with Gasteiger partial charge in [-0.3, -0.25) is 4.79 Å². The number of allylic oxidation sites excluding steroid dienone is 1. The number of amides is 1. The molecule has 4 rings (SSSR count). The molecule has 218 valence electrons. The highest BCUT2D eigenvalue weighted by molar-refractivity contribution is 7.80. The SMILES string of the molecule is CCOC(=O)C1=C(C)NC(=S)N[C@H]1c1ccccc1OCC(=O)NN=Cc1ccc(-c2ccc(Cl)c(C(=O)OC)c2)o1. The Hall–Kier alpha value is -4.68. The number of nitrogens with one attached hydrogen (secondary N) is 3. The van der Waals surface area contributed by atoms with Crippen LogP contribution in [0.5, 0.6) is 5.75 Å². The number of carbonyl (C=O) groups excluding carboxylic acids is 3. The first kappa shape index (κ1) is 30.3. The summed E-state index contributed by atoms with van der Waals surface area (Å²) in [4.78, 5) is 37.1. The number of methoxy groups -OCH3 is 1. The van der Waals surface area contributed by atoms with E-state index in [1.165, 1.54) is 13.3 Å². The lowest BCUT2D eigenvalue weighted by atomic mass is 9.95. The van der Waals surface area contributed by atoms with Crippen molar-refractivity contribution in [3.8, 4) is 17.1 Å². The molecule has 13 heteroatoms. The van der Waals surface area contributed by atoms with E-state index < -0.39 is 23.9 Å². The minimum atomic E-state index is -0.646. The molecule has 42 heavy (non-hydrogen) atoms. The number of halogens is 1. The average Bonchev–Trinajstić information content (AvgIpc) is 3.44. The molecule has 1 atom stereocenters. The minimum Gasteiger partial charge on any atom is -0.483 e. The van der Waals surface area contributed by atoms with Crippen molar-refractivity contribution in [1.82, 2.24) is 16.1 Å². The number of ether oxygens (including phenoxy) is 3. The van der Waals surface area contributed by atoms with Crippen molar-refractivity contribution in [2.75, 3.05) is 20.3 Å². The number of esters is 2. The molecule has 1 amide bonds. The number of hydrazone groups is 1. The van der Waals surface area contributed by atoms with Gasteiger partial charge in [-0.1, -0.05) is 29.8 Å². The number of hydrogen-bond acceptors (Lipinski definition) is 9. The van der Waals surface area contributed by atoms with Gasteiger partial charge in [0.1, 0.15) is 17.3 Å². The van der Waals surface area contributed by atoms with Crippen LogP contribution in [0.1, 0.15) is 41.6 Å². The topological polar surface area (TPSA) is 140 Å². The van der Waals surface area contributed by atoms with Gasteiger partial charge in [-0.2, -0.15) is 5.10 Å². The van der Waals surface area contributed by atoms with Crippen LogP contribution in [-0.2, 0) is 19.1 Å². The Morgan fingerprint density at radius 3 is 2.69 bits per heavy atom. The highest BCUT2D eigenvalue weighted by Crippen LogP contribution is 2.33. The standard InChI is InChI=1S/C29H27ClN4O7S/c1-4-39-28(37)25-16(2)32-29(42)33-26(25)19-7-5-6-8-23(19)40-15-24(35)34-31-14-18-10-12-22(41-18)17-9-11-21(30)20(13-17)27(36)38-3/h5-14,26H,4,15H2,1-3H3,(H,34,35)(H2,32,33,42)/t26-/m0/s1. The predicted octanol–water partition coefficient (Wildman–Crippen LogP) is 4.27. The van der Waals surface area contributed by atoms with Crippen molar-refractivity contribution < 1.29 is 33.0 Å². The minimum absolute atomic E-state index is 0.207. The van der Waals surface area contributed by atoms with Gasteiger partial charge in [0.2, 0.25) is 0 Å². The lowest BCUT2D eigenvalue weighted by molar-refractivity contribution is -0.139. The summed E-state index contributed by atoms with van der Waals surface area (Å²) in [6.07, 6.45) is 1.32. The number of benzene rings is 2. The lowest BCUT2D eigenvalue weighted by Gasteiger charge is -2.30. The fraction of sp³-hybridized carbons (Fsp3) is 0.207. The summed E-state index contributed by atoms with van der Waals surface area (Å²) in [7, 11) is 1.27. The summed E-state index contributed by atoms with van der Waals surface area (Å²) < 4.78 is 21.5. The lowest BCUT2D eigenvalue weighted by Crippen LogP contribution is -2.45. The van der Waals surface area contributed by atoms with Gasteiger partial charge in [-0.15, -0.1) is 0 Å². The fourth-order valence-corrected chi connectivity index (χ4v) is 4.59. The van der Waals surface area contributed by atoms with Crippen molar-refractivity contribution in [2.45, 2.75) is 19.9 Å². The van der Waals surface area contributed by atoms with E-state index in [0.717, 1.165) is 0 Å². The van der Waals surface area contributed by atoms with Gasteiger partial charge in [0, 0.05) is 16.8 Å². The van der Waals surface area contributed by atoms with Crippen molar-refractivity contribution >= 4 is 53.0 Å². The number of carbonyl (C=O) groups is 3. The van der Waals surface area contributed by atoms with Crippen LogP contribution < -0.4 is 20.8 Å². The molecule has 2 aromatic carbocycles. The molecule has 3 aromatic rings. The molecule has 2 heterocycles. The molecule has 0 spiro atoms. The summed E-state index contributed by atoms with van der Waals surface area (Å²) in [5.74, 6) is -0.401. The summed E-state index contributed by atoms with van der Waals surface area (Å²) in [6, 6.07) is 14.5. The van der Waals surface area contributed by atoms with Crippen LogP contribution in [0.25, 0.3) is 11.3 Å². The van der Waals surface area contributed by atoms with Gasteiger partial charge in [0.15, 0.2) is 11.7 Å². The van der Waals surface area contributed by atoms with Crippen LogP contribution in [0.15, 0.2) is 75.4 Å². The van der Waals surface area contributed by atoms with E-state index in [1.807, 2.05) is 0 Å². The van der Waals surface area contributed by atoms with E-state index in [9.17, 15) is 14.4 Å². The molecule has 11 nitrogen and oxygen atoms in total. The average molecular weight is 611 g/mol. The van der Waals surface area contributed by atoms with Crippen LogP contribution >= 0.6 is 23.8 Å². The zero-order chi connectivity index (χ0) is 30.2. The molecular formula is C29H27ClN4O7S. The van der Waals surface area contributed by atoms with Crippen LogP contribution in [0.4, 0.5) is 0 Å². The van der Waals surface area contributed by atoms with Crippen LogP contribution in [-0.4, -0.2) is 49.5 Å². The fourth-order valence-electron chi connectivity index (χ4n) is 4.12. The van der Waals surface area contributed by atoms with Gasteiger partial charge >= 0.3 is 11.9 Å². The number of furan rings is 1. The third-order valence-electron chi connectivity index (χ3n) is 6.02. The maximum Gasteiger partial charge on any atom is 0.339 e. The van der Waals surface area contributed by atoms with Gasteiger partial charge in [0.25, 0.3) is 5.91 Å². The summed E-state index contributed by atoms with van der Waals surface area (Å²) in [5.41, 5.74) is 4.71. The van der Waals surface area contributed by atoms with Crippen molar-refractivity contribution in [2.24, 2.45) is 5.10 Å². The first-order valence-corrected chi connectivity index (χ1v) is 13.5. The van der Waals surface area contributed by atoms with Crippen molar-refractivity contribution in [3.05, 3.63) is 87.8 Å². The van der Waals surface area contributed by atoms with E-state index >= 15 is 0 Å².